The van der Waals surface area contributed by atoms with Crippen LogP contribution in [0.25, 0.3) is 0 Å². The molecule has 0 atom stereocenters. The van der Waals surface area contributed by atoms with Gasteiger partial charge in [-0.2, -0.15) is 0 Å². The van der Waals surface area contributed by atoms with Crippen molar-refractivity contribution in [3.8, 4) is 0 Å². The Kier molecular flexibility index (Phi) is 6.16. The smallest absolute Gasteiger partial charge is 0.282 e. The standard InChI is InChI=1S/C20H24N4O3/c1-22-10-12-23(13-11-22)15-17-7-3-2-6-16(17)14-21-20(25)18-8-4-5-9-19(18)24(26)27/h2-9H,10-15H2,1H3,(H,21,25). The molecule has 2 aromatic rings. The summed E-state index contributed by atoms with van der Waals surface area (Å²) in [4.78, 5) is 27.8. The first kappa shape index (κ1) is 19.0. The van der Waals surface area contributed by atoms with Crippen LogP contribution in [-0.2, 0) is 13.1 Å². The summed E-state index contributed by atoms with van der Waals surface area (Å²) in [5, 5.41) is 13.9. The maximum atomic E-state index is 12.4. The van der Waals surface area contributed by atoms with Gasteiger partial charge in [0.1, 0.15) is 5.56 Å². The first-order valence-electron chi connectivity index (χ1n) is 9.04. The highest BCUT2D eigenvalue weighted by Gasteiger charge is 2.19. The summed E-state index contributed by atoms with van der Waals surface area (Å²) in [6.45, 7) is 5.33. The number of benzene rings is 2. The molecule has 1 saturated heterocycles. The van der Waals surface area contributed by atoms with Crippen LogP contribution in [0.5, 0.6) is 0 Å². The number of nitrogens with zero attached hydrogens (tertiary/aromatic N) is 3. The third-order valence-corrected chi connectivity index (χ3v) is 4.89. The van der Waals surface area contributed by atoms with E-state index in [4.69, 9.17) is 0 Å². The lowest BCUT2D eigenvalue weighted by molar-refractivity contribution is -0.385. The molecule has 7 heteroatoms. The molecular formula is C20H24N4O3. The maximum Gasteiger partial charge on any atom is 0.282 e. The number of nitro groups is 1. The molecule has 1 heterocycles. The second-order valence-corrected chi connectivity index (χ2v) is 6.81. The van der Waals surface area contributed by atoms with E-state index in [9.17, 15) is 14.9 Å². The fourth-order valence-corrected chi connectivity index (χ4v) is 3.23. The van der Waals surface area contributed by atoms with Gasteiger partial charge in [0.25, 0.3) is 11.6 Å². The van der Waals surface area contributed by atoms with Crippen molar-refractivity contribution in [1.82, 2.24) is 15.1 Å². The van der Waals surface area contributed by atoms with Crippen LogP contribution in [0.1, 0.15) is 21.5 Å². The predicted octanol–water partition coefficient (Wildman–Crippen LogP) is 2.27. The highest BCUT2D eigenvalue weighted by atomic mass is 16.6. The Morgan fingerprint density at radius 3 is 2.37 bits per heavy atom. The maximum absolute atomic E-state index is 12.4. The van der Waals surface area contributed by atoms with Gasteiger partial charge in [0.15, 0.2) is 0 Å². The largest absolute Gasteiger partial charge is 0.348 e. The second-order valence-electron chi connectivity index (χ2n) is 6.81. The van der Waals surface area contributed by atoms with Crippen molar-refractivity contribution in [2.24, 2.45) is 0 Å². The van der Waals surface area contributed by atoms with E-state index < -0.39 is 10.8 Å². The third kappa shape index (κ3) is 4.90. The third-order valence-electron chi connectivity index (χ3n) is 4.89. The fourth-order valence-electron chi connectivity index (χ4n) is 3.23. The van der Waals surface area contributed by atoms with Crippen molar-refractivity contribution < 1.29 is 9.72 Å². The molecule has 1 amide bonds. The van der Waals surface area contributed by atoms with E-state index in [1.807, 2.05) is 18.2 Å². The average molecular weight is 368 g/mol. The molecule has 3 rings (SSSR count). The SMILES string of the molecule is CN1CCN(Cc2ccccc2CNC(=O)c2ccccc2[N+](=O)[O-])CC1. The first-order valence-corrected chi connectivity index (χ1v) is 9.04. The van der Waals surface area contributed by atoms with Crippen LogP contribution in [0.15, 0.2) is 48.5 Å². The fraction of sp³-hybridized carbons (Fsp3) is 0.350. The molecule has 0 aliphatic carbocycles. The number of para-hydroxylation sites is 1. The Morgan fingerprint density at radius 2 is 1.67 bits per heavy atom. The van der Waals surface area contributed by atoms with Gasteiger partial charge < -0.3 is 10.2 Å². The lowest BCUT2D eigenvalue weighted by atomic mass is 10.1. The molecule has 0 spiro atoms. The number of nitro benzene ring substituents is 1. The molecule has 1 N–H and O–H groups in total. The van der Waals surface area contributed by atoms with Gasteiger partial charge in [-0.15, -0.1) is 0 Å². The number of rotatable bonds is 6. The summed E-state index contributed by atoms with van der Waals surface area (Å²) in [5.74, 6) is -0.434. The minimum atomic E-state index is -0.532. The van der Waals surface area contributed by atoms with Crippen LogP contribution in [0.3, 0.4) is 0 Å². The van der Waals surface area contributed by atoms with Crippen molar-refractivity contribution in [1.29, 1.82) is 0 Å². The van der Waals surface area contributed by atoms with Crippen molar-refractivity contribution in [2.75, 3.05) is 33.2 Å². The number of hydrogen-bond donors (Lipinski definition) is 1. The van der Waals surface area contributed by atoms with Crippen LogP contribution in [-0.4, -0.2) is 53.9 Å². The zero-order chi connectivity index (χ0) is 19.2. The van der Waals surface area contributed by atoms with Crippen molar-refractivity contribution in [3.63, 3.8) is 0 Å². The lowest BCUT2D eigenvalue weighted by Gasteiger charge is -2.32. The Balaban J connectivity index is 1.66. The molecule has 1 aliphatic heterocycles. The van der Waals surface area contributed by atoms with Crippen LogP contribution in [0.4, 0.5) is 5.69 Å². The molecule has 27 heavy (non-hydrogen) atoms. The topological polar surface area (TPSA) is 78.7 Å². The van der Waals surface area contributed by atoms with E-state index in [0.29, 0.717) is 6.54 Å². The number of amides is 1. The predicted molar refractivity (Wildman–Crippen MR) is 103 cm³/mol. The Labute approximate surface area is 158 Å². The highest BCUT2D eigenvalue weighted by molar-refractivity contribution is 5.98. The van der Waals surface area contributed by atoms with Crippen LogP contribution in [0.2, 0.25) is 0 Å². The van der Waals surface area contributed by atoms with Gasteiger partial charge >= 0.3 is 0 Å². The van der Waals surface area contributed by atoms with E-state index in [0.717, 1.165) is 38.3 Å². The van der Waals surface area contributed by atoms with E-state index in [-0.39, 0.29) is 11.3 Å². The van der Waals surface area contributed by atoms with Gasteiger partial charge in [0, 0.05) is 45.3 Å². The molecule has 0 radical (unpaired) electrons. The first-order chi connectivity index (χ1) is 13.0. The average Bonchev–Trinajstić information content (AvgIpc) is 2.68. The lowest BCUT2D eigenvalue weighted by Crippen LogP contribution is -2.44. The van der Waals surface area contributed by atoms with Crippen LogP contribution in [0, 0.1) is 10.1 Å². The van der Waals surface area contributed by atoms with Crippen molar-refractivity contribution in [3.05, 3.63) is 75.3 Å². The summed E-state index contributed by atoms with van der Waals surface area (Å²) in [7, 11) is 2.13. The summed E-state index contributed by atoms with van der Waals surface area (Å²) >= 11 is 0. The van der Waals surface area contributed by atoms with Crippen molar-refractivity contribution >= 4 is 11.6 Å². The molecule has 7 nitrogen and oxygen atoms in total. The van der Waals surface area contributed by atoms with E-state index >= 15 is 0 Å². The number of nitrogens with one attached hydrogen (secondary N) is 1. The van der Waals surface area contributed by atoms with Gasteiger partial charge in [-0.3, -0.25) is 19.8 Å². The van der Waals surface area contributed by atoms with Crippen LogP contribution < -0.4 is 5.32 Å². The minimum Gasteiger partial charge on any atom is -0.348 e. The van der Waals surface area contributed by atoms with Gasteiger partial charge in [0.05, 0.1) is 4.92 Å². The monoisotopic (exact) mass is 368 g/mol. The molecular weight excluding hydrogens is 344 g/mol. The minimum absolute atomic E-state index is 0.0825. The van der Waals surface area contributed by atoms with Gasteiger partial charge in [0.2, 0.25) is 0 Å². The van der Waals surface area contributed by atoms with E-state index in [1.54, 1.807) is 12.1 Å². The summed E-state index contributed by atoms with van der Waals surface area (Å²) < 4.78 is 0. The second kappa shape index (κ2) is 8.75. The molecule has 1 aliphatic rings. The molecule has 0 bridgehead atoms. The molecule has 0 unspecified atom stereocenters. The number of hydrogen-bond acceptors (Lipinski definition) is 5. The van der Waals surface area contributed by atoms with E-state index in [1.165, 1.54) is 17.7 Å². The molecule has 2 aromatic carbocycles. The molecule has 0 saturated carbocycles. The molecule has 0 aromatic heterocycles. The van der Waals surface area contributed by atoms with Crippen LogP contribution >= 0.6 is 0 Å². The quantitative estimate of drug-likeness (QED) is 0.625. The number of carbonyl (C=O) groups excluding carboxylic acids is 1. The summed E-state index contributed by atoms with van der Waals surface area (Å²) in [5.41, 5.74) is 2.10. The highest BCUT2D eigenvalue weighted by Crippen LogP contribution is 2.18. The van der Waals surface area contributed by atoms with Gasteiger partial charge in [-0.25, -0.2) is 0 Å². The zero-order valence-electron chi connectivity index (χ0n) is 15.4. The van der Waals surface area contributed by atoms with E-state index in [2.05, 4.69) is 28.2 Å². The van der Waals surface area contributed by atoms with Gasteiger partial charge in [-0.05, 0) is 24.2 Å². The van der Waals surface area contributed by atoms with Gasteiger partial charge in [-0.1, -0.05) is 36.4 Å². The Morgan fingerprint density at radius 1 is 1.04 bits per heavy atom. The van der Waals surface area contributed by atoms with Crippen molar-refractivity contribution in [2.45, 2.75) is 13.1 Å². The Bertz CT molecular complexity index is 816. The summed E-state index contributed by atoms with van der Waals surface area (Å²) in [6, 6.07) is 14.0. The normalized spacial score (nSPS) is 15.4. The Hall–Kier alpha value is -2.77. The molecule has 1 fully saturated rings. The molecule has 142 valence electrons. The summed E-state index contributed by atoms with van der Waals surface area (Å²) in [6.07, 6.45) is 0. The number of carbonyl (C=O) groups is 1. The number of likely N-dealkylation sites (N-methyl/N-ethyl adjacent to an activating group) is 1. The number of piperazine rings is 1. The zero-order valence-corrected chi connectivity index (χ0v) is 15.4.